The highest BCUT2D eigenvalue weighted by atomic mass is 16.4. The van der Waals surface area contributed by atoms with Crippen LogP contribution >= 0.6 is 0 Å². The maximum Gasteiger partial charge on any atom is 0.308 e. The van der Waals surface area contributed by atoms with E-state index in [1.54, 1.807) is 6.92 Å². The van der Waals surface area contributed by atoms with Crippen LogP contribution in [0, 0.1) is 29.6 Å². The molecule has 0 aliphatic carbocycles. The molecule has 0 amide bonds. The number of rotatable bonds is 9. The molecule has 0 spiro atoms. The molecule has 0 rings (SSSR count). The molecular weight excluding hydrogens is 240 g/mol. The monoisotopic (exact) mass is 272 g/mol. The summed E-state index contributed by atoms with van der Waals surface area (Å²) in [6, 6.07) is 0. The molecule has 5 atom stereocenters. The van der Waals surface area contributed by atoms with Gasteiger partial charge in [-0.2, -0.15) is 0 Å². The van der Waals surface area contributed by atoms with Gasteiger partial charge in [0, 0.05) is 0 Å². The molecule has 0 aliphatic rings. The molecule has 0 aromatic rings. The molecular formula is C16H32O3. The second-order valence-corrected chi connectivity index (χ2v) is 6.91. The van der Waals surface area contributed by atoms with E-state index >= 15 is 0 Å². The Kier molecular flexibility index (Phi) is 8.31. The van der Waals surface area contributed by atoms with E-state index in [4.69, 9.17) is 5.11 Å². The molecule has 19 heavy (non-hydrogen) atoms. The number of aliphatic hydroxyl groups is 1. The number of carboxylic acid groups (broad SMARTS) is 1. The third-order valence-electron chi connectivity index (χ3n) is 3.94. The normalized spacial score (nSPS) is 19.8. The van der Waals surface area contributed by atoms with Crippen molar-refractivity contribution >= 4 is 5.97 Å². The fourth-order valence-electron chi connectivity index (χ4n) is 3.10. The van der Waals surface area contributed by atoms with Gasteiger partial charge in [0.2, 0.25) is 0 Å². The van der Waals surface area contributed by atoms with Gasteiger partial charge in [-0.05, 0) is 49.9 Å². The number of hydrogen-bond donors (Lipinski definition) is 2. The lowest BCUT2D eigenvalue weighted by atomic mass is 9.82. The minimum atomic E-state index is -0.917. The lowest BCUT2D eigenvalue weighted by molar-refractivity contribution is -0.146. The second-order valence-electron chi connectivity index (χ2n) is 6.91. The minimum absolute atomic E-state index is 0.0346. The number of carbonyl (C=O) groups is 1. The average Bonchev–Trinajstić information content (AvgIpc) is 2.24. The molecule has 0 aliphatic heterocycles. The molecule has 0 saturated carbocycles. The Bertz CT molecular complexity index is 263. The molecule has 3 unspecified atom stereocenters. The Hall–Kier alpha value is -0.570. The van der Waals surface area contributed by atoms with Crippen molar-refractivity contribution in [2.24, 2.45) is 29.6 Å². The lowest BCUT2D eigenvalue weighted by Crippen LogP contribution is -2.32. The molecule has 0 fully saturated rings. The molecule has 0 bridgehead atoms. The largest absolute Gasteiger partial charge is 0.481 e. The van der Waals surface area contributed by atoms with Gasteiger partial charge in [-0.3, -0.25) is 4.79 Å². The Balaban J connectivity index is 4.17. The number of aliphatic carboxylic acids is 1. The van der Waals surface area contributed by atoms with Gasteiger partial charge in [-0.15, -0.1) is 0 Å². The van der Waals surface area contributed by atoms with Gasteiger partial charge < -0.3 is 10.2 Å². The van der Waals surface area contributed by atoms with Crippen LogP contribution in [0.25, 0.3) is 0 Å². The summed E-state index contributed by atoms with van der Waals surface area (Å²) in [6.45, 7) is 12.5. The first kappa shape index (κ1) is 18.4. The van der Waals surface area contributed by atoms with E-state index in [0.717, 1.165) is 18.8 Å². The smallest absolute Gasteiger partial charge is 0.308 e. The summed E-state index contributed by atoms with van der Waals surface area (Å²) < 4.78 is 0. The molecule has 0 saturated heterocycles. The molecule has 0 aromatic carbocycles. The Morgan fingerprint density at radius 3 is 1.79 bits per heavy atom. The van der Waals surface area contributed by atoms with E-state index < -0.39 is 18.0 Å². The third kappa shape index (κ3) is 7.56. The van der Waals surface area contributed by atoms with Gasteiger partial charge in [0.25, 0.3) is 0 Å². The van der Waals surface area contributed by atoms with Crippen molar-refractivity contribution in [3.05, 3.63) is 0 Å². The van der Waals surface area contributed by atoms with Crippen LogP contribution in [0.2, 0.25) is 0 Å². The maximum absolute atomic E-state index is 10.9. The summed E-state index contributed by atoms with van der Waals surface area (Å²) in [5, 5.41) is 18.9. The summed E-state index contributed by atoms with van der Waals surface area (Å²) >= 11 is 0. The molecule has 114 valence electrons. The van der Waals surface area contributed by atoms with Gasteiger partial charge in [0.15, 0.2) is 0 Å². The van der Waals surface area contributed by atoms with Gasteiger partial charge in [-0.1, -0.05) is 34.6 Å². The number of aliphatic hydroxyl groups excluding tert-OH is 1. The van der Waals surface area contributed by atoms with E-state index in [0.29, 0.717) is 11.8 Å². The molecule has 2 N–H and O–H groups in total. The van der Waals surface area contributed by atoms with Crippen LogP contribution in [0.1, 0.15) is 60.8 Å². The van der Waals surface area contributed by atoms with E-state index in [1.807, 2.05) is 6.92 Å². The Labute approximate surface area is 118 Å². The fourth-order valence-corrected chi connectivity index (χ4v) is 3.10. The van der Waals surface area contributed by atoms with Crippen LogP contribution in [0.4, 0.5) is 0 Å². The maximum atomic E-state index is 10.9. The van der Waals surface area contributed by atoms with Crippen LogP contribution < -0.4 is 0 Å². The van der Waals surface area contributed by atoms with Crippen molar-refractivity contribution in [3.8, 4) is 0 Å². The predicted molar refractivity (Wildman–Crippen MR) is 79.0 cm³/mol. The Morgan fingerprint density at radius 1 is 0.895 bits per heavy atom. The van der Waals surface area contributed by atoms with Gasteiger partial charge >= 0.3 is 5.97 Å². The van der Waals surface area contributed by atoms with E-state index in [9.17, 15) is 9.90 Å². The van der Waals surface area contributed by atoms with Gasteiger partial charge in [0.05, 0.1) is 12.0 Å². The van der Waals surface area contributed by atoms with Crippen molar-refractivity contribution in [1.29, 1.82) is 0 Å². The first-order valence-corrected chi connectivity index (χ1v) is 7.55. The molecule has 0 radical (unpaired) electrons. The molecule has 3 nitrogen and oxygen atoms in total. The van der Waals surface area contributed by atoms with E-state index in [1.165, 1.54) is 6.42 Å². The van der Waals surface area contributed by atoms with Crippen molar-refractivity contribution in [2.75, 3.05) is 0 Å². The predicted octanol–water partition coefficient (Wildman–Crippen LogP) is 3.80. The zero-order valence-corrected chi connectivity index (χ0v) is 13.4. The number of hydrogen-bond acceptors (Lipinski definition) is 2. The highest BCUT2D eigenvalue weighted by Crippen LogP contribution is 2.27. The lowest BCUT2D eigenvalue weighted by Gasteiger charge is -2.26. The van der Waals surface area contributed by atoms with Crippen LogP contribution in [-0.2, 0) is 4.79 Å². The second kappa shape index (κ2) is 8.57. The van der Waals surface area contributed by atoms with Gasteiger partial charge in [-0.25, -0.2) is 0 Å². The van der Waals surface area contributed by atoms with Crippen molar-refractivity contribution in [1.82, 2.24) is 0 Å². The zero-order valence-electron chi connectivity index (χ0n) is 13.4. The molecule has 3 heteroatoms. The number of carboxylic acids is 1. The minimum Gasteiger partial charge on any atom is -0.481 e. The standard InChI is InChI=1S/C16H32O3/c1-10(2)7-11(3)8-12(4)9-13(5)15(17)14(6)16(18)19/h10-15,17H,7-9H2,1-6H3,(H,18,19)/t11?,12?,13?,14-,15-/m1/s1. The van der Waals surface area contributed by atoms with Crippen LogP contribution in [0.3, 0.4) is 0 Å². The third-order valence-corrected chi connectivity index (χ3v) is 3.94. The summed E-state index contributed by atoms with van der Waals surface area (Å²) in [4.78, 5) is 10.9. The SMILES string of the molecule is CC(C)CC(C)CC(C)CC(C)[C@@H](O)[C@@H](C)C(=O)O. The van der Waals surface area contributed by atoms with E-state index in [2.05, 4.69) is 27.7 Å². The quantitative estimate of drug-likeness (QED) is 0.671. The van der Waals surface area contributed by atoms with Crippen molar-refractivity contribution < 1.29 is 15.0 Å². The van der Waals surface area contributed by atoms with Gasteiger partial charge in [0.1, 0.15) is 0 Å². The van der Waals surface area contributed by atoms with Crippen molar-refractivity contribution in [2.45, 2.75) is 66.9 Å². The highest BCUT2D eigenvalue weighted by molar-refractivity contribution is 5.70. The molecule has 0 heterocycles. The Morgan fingerprint density at radius 2 is 1.37 bits per heavy atom. The molecule has 0 aromatic heterocycles. The highest BCUT2D eigenvalue weighted by Gasteiger charge is 2.27. The zero-order chi connectivity index (χ0) is 15.2. The summed E-state index contributed by atoms with van der Waals surface area (Å²) in [5.74, 6) is 0.371. The first-order chi connectivity index (χ1) is 8.65. The summed E-state index contributed by atoms with van der Waals surface area (Å²) in [5.41, 5.74) is 0. The average molecular weight is 272 g/mol. The van der Waals surface area contributed by atoms with E-state index in [-0.39, 0.29) is 5.92 Å². The van der Waals surface area contributed by atoms with Crippen molar-refractivity contribution in [3.63, 3.8) is 0 Å². The first-order valence-electron chi connectivity index (χ1n) is 7.55. The fraction of sp³-hybridized carbons (Fsp3) is 0.938. The summed E-state index contributed by atoms with van der Waals surface area (Å²) in [7, 11) is 0. The summed E-state index contributed by atoms with van der Waals surface area (Å²) in [6.07, 6.45) is 2.52. The van der Waals surface area contributed by atoms with Crippen LogP contribution in [-0.4, -0.2) is 22.3 Å². The topological polar surface area (TPSA) is 57.5 Å². The van der Waals surface area contributed by atoms with Crippen LogP contribution in [0.15, 0.2) is 0 Å². The van der Waals surface area contributed by atoms with Crippen LogP contribution in [0.5, 0.6) is 0 Å².